The number of carbonyl (C=O) groups is 1. The highest BCUT2D eigenvalue weighted by Gasteiger charge is 2.19. The third-order valence-corrected chi connectivity index (χ3v) is 2.86. The Labute approximate surface area is 104 Å². The van der Waals surface area contributed by atoms with Crippen LogP contribution in [0.2, 0.25) is 0 Å². The number of benzene rings is 1. The molecule has 0 saturated carbocycles. The molecule has 1 aromatic heterocycles. The third kappa shape index (κ3) is 1.99. The van der Waals surface area contributed by atoms with E-state index >= 15 is 0 Å². The van der Waals surface area contributed by atoms with Gasteiger partial charge in [-0.15, -0.1) is 4.91 Å². The fourth-order valence-corrected chi connectivity index (χ4v) is 1.85. The summed E-state index contributed by atoms with van der Waals surface area (Å²) in [7, 11) is 0. The summed E-state index contributed by atoms with van der Waals surface area (Å²) in [6.45, 7) is 6.07. The van der Waals surface area contributed by atoms with E-state index in [4.69, 9.17) is 5.11 Å². The number of H-pyrrole nitrogens is 1. The maximum atomic E-state index is 11.2. The molecule has 0 amide bonds. The lowest BCUT2D eigenvalue weighted by atomic mass is 9.92. The van der Waals surface area contributed by atoms with Crippen molar-refractivity contribution in [2.75, 3.05) is 0 Å². The van der Waals surface area contributed by atoms with Crippen molar-refractivity contribution in [3.63, 3.8) is 0 Å². The Bertz CT molecular complexity index is 635. The number of aromatic nitrogens is 1. The van der Waals surface area contributed by atoms with Crippen molar-refractivity contribution < 1.29 is 9.90 Å². The first-order valence-corrected chi connectivity index (χ1v) is 5.57. The van der Waals surface area contributed by atoms with Gasteiger partial charge in [-0.05, 0) is 23.4 Å². The molecule has 0 fully saturated rings. The molecule has 94 valence electrons. The first kappa shape index (κ1) is 12.3. The molecule has 0 unspecified atom stereocenters. The molecule has 0 aliphatic heterocycles. The summed E-state index contributed by atoms with van der Waals surface area (Å²) in [6, 6.07) is 4.72. The van der Waals surface area contributed by atoms with Crippen molar-refractivity contribution in [3.05, 3.63) is 34.4 Å². The second-order valence-corrected chi connectivity index (χ2v) is 5.29. The summed E-state index contributed by atoms with van der Waals surface area (Å²) < 4.78 is 0. The van der Waals surface area contributed by atoms with Gasteiger partial charge in [-0.3, -0.25) is 0 Å². The summed E-state index contributed by atoms with van der Waals surface area (Å²) in [5, 5.41) is 12.6. The molecule has 0 aliphatic rings. The molecular formula is C13H14N2O3. The van der Waals surface area contributed by atoms with Crippen LogP contribution in [0.15, 0.2) is 23.4 Å². The Balaban J connectivity index is 2.78. The van der Waals surface area contributed by atoms with Crippen molar-refractivity contribution in [1.82, 2.24) is 4.98 Å². The van der Waals surface area contributed by atoms with Gasteiger partial charge < -0.3 is 10.1 Å². The van der Waals surface area contributed by atoms with Crippen LogP contribution >= 0.6 is 0 Å². The van der Waals surface area contributed by atoms with Crippen LogP contribution in [-0.4, -0.2) is 16.1 Å². The quantitative estimate of drug-likeness (QED) is 0.794. The van der Waals surface area contributed by atoms with Crippen molar-refractivity contribution in [3.8, 4) is 0 Å². The standard InChI is InChI=1S/C13H14N2O3/c1-13(2,3)10-5-7-4-8(15-18)6-9(12(16)17)11(7)14-10/h4-6,14H,1-3H3,(H,16,17). The zero-order chi connectivity index (χ0) is 13.5. The number of nitrogens with zero attached hydrogens (tertiary/aromatic N) is 1. The zero-order valence-corrected chi connectivity index (χ0v) is 10.4. The Hall–Kier alpha value is -2.17. The predicted octanol–water partition coefficient (Wildman–Crippen LogP) is 3.56. The molecule has 0 spiro atoms. The maximum Gasteiger partial charge on any atom is 0.337 e. The molecular weight excluding hydrogens is 232 g/mol. The lowest BCUT2D eigenvalue weighted by Gasteiger charge is -2.15. The van der Waals surface area contributed by atoms with Gasteiger partial charge in [0.2, 0.25) is 0 Å². The summed E-state index contributed by atoms with van der Waals surface area (Å²) >= 11 is 0. The van der Waals surface area contributed by atoms with Gasteiger partial charge in [0, 0.05) is 16.5 Å². The minimum atomic E-state index is -1.08. The van der Waals surface area contributed by atoms with Gasteiger partial charge >= 0.3 is 5.97 Å². The lowest BCUT2D eigenvalue weighted by molar-refractivity contribution is 0.0699. The molecule has 1 heterocycles. The van der Waals surface area contributed by atoms with Gasteiger partial charge in [-0.25, -0.2) is 4.79 Å². The summed E-state index contributed by atoms with van der Waals surface area (Å²) in [4.78, 5) is 24.9. The van der Waals surface area contributed by atoms with Crippen LogP contribution in [0.1, 0.15) is 36.8 Å². The van der Waals surface area contributed by atoms with Crippen molar-refractivity contribution >= 4 is 22.6 Å². The number of carboxylic acid groups (broad SMARTS) is 1. The van der Waals surface area contributed by atoms with Gasteiger partial charge in [0.05, 0.1) is 11.1 Å². The number of hydrogen-bond donors (Lipinski definition) is 2. The van der Waals surface area contributed by atoms with E-state index in [9.17, 15) is 9.70 Å². The number of hydrogen-bond acceptors (Lipinski definition) is 3. The van der Waals surface area contributed by atoms with Gasteiger partial charge in [0.1, 0.15) is 5.69 Å². The average molecular weight is 246 g/mol. The van der Waals surface area contributed by atoms with Crippen LogP contribution in [0.25, 0.3) is 10.9 Å². The summed E-state index contributed by atoms with van der Waals surface area (Å²) in [6.07, 6.45) is 0. The van der Waals surface area contributed by atoms with E-state index in [0.29, 0.717) is 10.9 Å². The van der Waals surface area contributed by atoms with E-state index in [0.717, 1.165) is 5.69 Å². The fourth-order valence-electron chi connectivity index (χ4n) is 1.85. The van der Waals surface area contributed by atoms with E-state index in [2.05, 4.69) is 10.2 Å². The zero-order valence-electron chi connectivity index (χ0n) is 10.4. The number of fused-ring (bicyclic) bond motifs is 1. The second-order valence-electron chi connectivity index (χ2n) is 5.29. The Kier molecular flexibility index (Phi) is 2.69. The number of rotatable bonds is 2. The highest BCUT2D eigenvalue weighted by Crippen LogP contribution is 2.30. The number of nitrogens with one attached hydrogen (secondary N) is 1. The highest BCUT2D eigenvalue weighted by molar-refractivity contribution is 6.03. The maximum absolute atomic E-state index is 11.2. The van der Waals surface area contributed by atoms with Crippen LogP contribution in [-0.2, 0) is 5.41 Å². The fraction of sp³-hybridized carbons (Fsp3) is 0.308. The topological polar surface area (TPSA) is 82.5 Å². The molecule has 2 N–H and O–H groups in total. The normalized spacial score (nSPS) is 11.7. The monoisotopic (exact) mass is 246 g/mol. The molecule has 0 saturated heterocycles. The highest BCUT2D eigenvalue weighted by atomic mass is 16.4. The van der Waals surface area contributed by atoms with Crippen molar-refractivity contribution in [2.24, 2.45) is 5.18 Å². The Morgan fingerprint density at radius 3 is 2.44 bits per heavy atom. The molecule has 0 radical (unpaired) electrons. The summed E-state index contributed by atoms with van der Waals surface area (Å²) in [5.74, 6) is -1.08. The number of aromatic amines is 1. The molecule has 5 heteroatoms. The molecule has 1 aromatic carbocycles. The minimum absolute atomic E-state index is 0.0672. The van der Waals surface area contributed by atoms with E-state index < -0.39 is 5.97 Å². The van der Waals surface area contributed by atoms with Gasteiger partial charge in [-0.1, -0.05) is 20.8 Å². The Morgan fingerprint density at radius 2 is 1.94 bits per heavy atom. The number of nitroso groups, excluding NO2 is 1. The van der Waals surface area contributed by atoms with Crippen molar-refractivity contribution in [1.29, 1.82) is 0 Å². The first-order chi connectivity index (χ1) is 8.32. The molecule has 2 rings (SSSR count). The molecule has 5 nitrogen and oxygen atoms in total. The molecule has 2 aromatic rings. The van der Waals surface area contributed by atoms with Crippen LogP contribution < -0.4 is 0 Å². The van der Waals surface area contributed by atoms with Crippen LogP contribution in [0, 0.1) is 4.91 Å². The Morgan fingerprint density at radius 1 is 1.28 bits per heavy atom. The average Bonchev–Trinajstić information content (AvgIpc) is 2.70. The van der Waals surface area contributed by atoms with Crippen molar-refractivity contribution in [2.45, 2.75) is 26.2 Å². The van der Waals surface area contributed by atoms with Crippen LogP contribution in [0.5, 0.6) is 0 Å². The summed E-state index contributed by atoms with van der Waals surface area (Å²) in [5.41, 5.74) is 1.52. The number of carboxylic acids is 1. The van der Waals surface area contributed by atoms with Crippen LogP contribution in [0.4, 0.5) is 5.69 Å². The van der Waals surface area contributed by atoms with E-state index in [-0.39, 0.29) is 16.7 Å². The largest absolute Gasteiger partial charge is 0.478 e. The molecule has 0 aliphatic carbocycles. The van der Waals surface area contributed by atoms with Gasteiger partial charge in [-0.2, -0.15) is 0 Å². The van der Waals surface area contributed by atoms with E-state index in [1.54, 1.807) is 6.07 Å². The lowest BCUT2D eigenvalue weighted by Crippen LogP contribution is -2.11. The van der Waals surface area contributed by atoms with Crippen LogP contribution in [0.3, 0.4) is 0 Å². The minimum Gasteiger partial charge on any atom is -0.478 e. The van der Waals surface area contributed by atoms with Gasteiger partial charge in [0.15, 0.2) is 0 Å². The molecule has 0 bridgehead atoms. The predicted molar refractivity (Wildman–Crippen MR) is 69.4 cm³/mol. The second kappa shape index (κ2) is 3.94. The van der Waals surface area contributed by atoms with E-state index in [1.807, 2.05) is 26.8 Å². The third-order valence-electron chi connectivity index (χ3n) is 2.86. The van der Waals surface area contributed by atoms with Gasteiger partial charge in [0.25, 0.3) is 0 Å². The van der Waals surface area contributed by atoms with E-state index in [1.165, 1.54) is 6.07 Å². The first-order valence-electron chi connectivity index (χ1n) is 5.57. The smallest absolute Gasteiger partial charge is 0.337 e. The SMILES string of the molecule is CC(C)(C)c1cc2cc(N=O)cc(C(=O)O)c2[nH]1. The molecule has 18 heavy (non-hydrogen) atoms. The molecule has 0 atom stereocenters. The number of aromatic carboxylic acids is 1.